The van der Waals surface area contributed by atoms with Crippen molar-refractivity contribution >= 4 is 0 Å². The Balaban J connectivity index is 1.73. The second kappa shape index (κ2) is 4.27. The fourth-order valence-corrected chi connectivity index (χ4v) is 4.42. The van der Waals surface area contributed by atoms with Crippen molar-refractivity contribution in [3.05, 3.63) is 58.7 Å². The van der Waals surface area contributed by atoms with Crippen LogP contribution in [0.25, 0.3) is 0 Å². The zero-order valence-electron chi connectivity index (χ0n) is 12.3. The molecule has 0 saturated heterocycles. The van der Waals surface area contributed by atoms with Gasteiger partial charge in [-0.25, -0.2) is 0 Å². The average Bonchev–Trinajstić information content (AvgIpc) is 2.71. The molecule has 2 aromatic carbocycles. The predicted molar refractivity (Wildman–Crippen MR) is 82.8 cm³/mol. The second-order valence-corrected chi connectivity index (χ2v) is 6.77. The molecule has 2 aliphatic carbocycles. The maximum absolute atomic E-state index is 9.73. The molecule has 2 atom stereocenters. The van der Waals surface area contributed by atoms with Crippen molar-refractivity contribution in [2.75, 3.05) is 0 Å². The summed E-state index contributed by atoms with van der Waals surface area (Å²) in [6.07, 6.45) is 4.31. The Hall–Kier alpha value is -1.96. The zero-order valence-corrected chi connectivity index (χ0v) is 12.3. The molecule has 2 aromatic rings. The van der Waals surface area contributed by atoms with Crippen molar-refractivity contribution in [2.24, 2.45) is 5.41 Å². The van der Waals surface area contributed by atoms with Crippen LogP contribution >= 0.6 is 0 Å². The number of fused-ring (bicyclic) bond motifs is 2. The van der Waals surface area contributed by atoms with Gasteiger partial charge in [0.15, 0.2) is 0 Å². The topological polar surface area (TPSA) is 40.5 Å². The van der Waals surface area contributed by atoms with Crippen molar-refractivity contribution in [2.45, 2.75) is 38.5 Å². The van der Waals surface area contributed by atoms with Crippen LogP contribution in [0, 0.1) is 5.41 Å². The number of aromatic hydroxyl groups is 2. The third-order valence-electron chi connectivity index (χ3n) is 5.68. The lowest BCUT2D eigenvalue weighted by atomic mass is 9.65. The molecule has 0 aromatic heterocycles. The fraction of sp³-hybridized carbons (Fsp3) is 0.368. The summed E-state index contributed by atoms with van der Waals surface area (Å²) in [6, 6.07) is 11.6. The zero-order chi connectivity index (χ0) is 14.6. The summed E-state index contributed by atoms with van der Waals surface area (Å²) >= 11 is 0. The molecule has 0 aliphatic heterocycles. The van der Waals surface area contributed by atoms with E-state index >= 15 is 0 Å². The van der Waals surface area contributed by atoms with E-state index in [1.807, 2.05) is 18.2 Å². The Morgan fingerprint density at radius 2 is 1.57 bits per heavy atom. The van der Waals surface area contributed by atoms with Gasteiger partial charge in [-0.1, -0.05) is 19.1 Å². The molecular formula is C19H20O2. The van der Waals surface area contributed by atoms with Gasteiger partial charge in [-0.2, -0.15) is 0 Å². The Bertz CT molecular complexity index is 720. The highest BCUT2D eigenvalue weighted by atomic mass is 16.3. The minimum atomic E-state index is 0.278. The summed E-state index contributed by atoms with van der Waals surface area (Å²) in [5, 5.41) is 19.4. The quantitative estimate of drug-likeness (QED) is 0.767. The van der Waals surface area contributed by atoms with Gasteiger partial charge in [0.05, 0.1) is 0 Å². The molecule has 1 spiro atoms. The van der Waals surface area contributed by atoms with Crippen molar-refractivity contribution in [1.29, 1.82) is 0 Å². The molecule has 108 valence electrons. The molecular weight excluding hydrogens is 260 g/mol. The Morgan fingerprint density at radius 3 is 2.38 bits per heavy atom. The normalized spacial score (nSPS) is 26.6. The van der Waals surface area contributed by atoms with Crippen molar-refractivity contribution in [3.63, 3.8) is 0 Å². The van der Waals surface area contributed by atoms with Crippen LogP contribution in [0.2, 0.25) is 0 Å². The minimum Gasteiger partial charge on any atom is -0.508 e. The van der Waals surface area contributed by atoms with Crippen LogP contribution in [-0.4, -0.2) is 10.2 Å². The highest BCUT2D eigenvalue weighted by Gasteiger charge is 2.45. The van der Waals surface area contributed by atoms with Crippen molar-refractivity contribution < 1.29 is 10.2 Å². The Kier molecular flexibility index (Phi) is 2.59. The fourth-order valence-electron chi connectivity index (χ4n) is 4.42. The molecule has 21 heavy (non-hydrogen) atoms. The van der Waals surface area contributed by atoms with Crippen molar-refractivity contribution in [3.8, 4) is 11.5 Å². The van der Waals surface area contributed by atoms with Crippen LogP contribution in [0.5, 0.6) is 11.5 Å². The summed E-state index contributed by atoms with van der Waals surface area (Å²) in [7, 11) is 0. The van der Waals surface area contributed by atoms with Crippen LogP contribution in [-0.2, 0) is 19.3 Å². The summed E-state index contributed by atoms with van der Waals surface area (Å²) in [5.74, 6) is 1.27. The number of benzene rings is 2. The van der Waals surface area contributed by atoms with Gasteiger partial charge in [0, 0.05) is 0 Å². The van der Waals surface area contributed by atoms with Crippen LogP contribution in [0.3, 0.4) is 0 Å². The Morgan fingerprint density at radius 1 is 0.905 bits per heavy atom. The second-order valence-electron chi connectivity index (χ2n) is 6.77. The lowest BCUT2D eigenvalue weighted by Gasteiger charge is -2.39. The van der Waals surface area contributed by atoms with Crippen LogP contribution < -0.4 is 0 Å². The van der Waals surface area contributed by atoms with Gasteiger partial charge in [0.2, 0.25) is 0 Å². The number of phenols is 2. The molecule has 0 bridgehead atoms. The maximum atomic E-state index is 9.73. The SMILES string of the molecule is CC1c2ccc(O)cc2CC12CCc1cc(O)ccc1C2. The number of phenolic OH excluding ortho intramolecular Hbond substituents is 2. The molecule has 0 saturated carbocycles. The smallest absolute Gasteiger partial charge is 0.115 e. The van der Waals surface area contributed by atoms with E-state index in [2.05, 4.69) is 19.1 Å². The van der Waals surface area contributed by atoms with E-state index < -0.39 is 0 Å². The monoisotopic (exact) mass is 280 g/mol. The molecule has 0 heterocycles. The van der Waals surface area contributed by atoms with E-state index in [9.17, 15) is 10.2 Å². The van der Waals surface area contributed by atoms with Gasteiger partial charge in [0.1, 0.15) is 11.5 Å². The minimum absolute atomic E-state index is 0.278. The first-order chi connectivity index (χ1) is 10.1. The van der Waals surface area contributed by atoms with E-state index in [0.29, 0.717) is 17.4 Å². The van der Waals surface area contributed by atoms with Crippen LogP contribution in [0.4, 0.5) is 0 Å². The summed E-state index contributed by atoms with van der Waals surface area (Å²) in [6.45, 7) is 2.33. The summed E-state index contributed by atoms with van der Waals surface area (Å²) in [4.78, 5) is 0. The van der Waals surface area contributed by atoms with Gasteiger partial charge < -0.3 is 10.2 Å². The van der Waals surface area contributed by atoms with Gasteiger partial charge in [-0.3, -0.25) is 0 Å². The first kappa shape index (κ1) is 12.8. The number of hydrogen-bond donors (Lipinski definition) is 2. The number of rotatable bonds is 0. The molecule has 2 aliphatic rings. The molecule has 2 unspecified atom stereocenters. The van der Waals surface area contributed by atoms with Gasteiger partial charge in [-0.05, 0) is 83.5 Å². The first-order valence-corrected chi connectivity index (χ1v) is 7.70. The van der Waals surface area contributed by atoms with Gasteiger partial charge >= 0.3 is 0 Å². The first-order valence-electron chi connectivity index (χ1n) is 7.70. The third-order valence-corrected chi connectivity index (χ3v) is 5.68. The van der Waals surface area contributed by atoms with Crippen LogP contribution in [0.1, 0.15) is 41.5 Å². The molecule has 0 radical (unpaired) electrons. The number of hydrogen-bond acceptors (Lipinski definition) is 2. The number of aryl methyl sites for hydroxylation is 1. The third kappa shape index (κ3) is 1.85. The summed E-state index contributed by atoms with van der Waals surface area (Å²) < 4.78 is 0. The lowest BCUT2D eigenvalue weighted by Crippen LogP contribution is -2.32. The highest BCUT2D eigenvalue weighted by molar-refractivity contribution is 5.46. The molecule has 2 nitrogen and oxygen atoms in total. The van der Waals surface area contributed by atoms with E-state index in [-0.39, 0.29) is 5.41 Å². The standard InChI is InChI=1S/C19H20O2/c1-12-18-5-4-17(21)9-15(18)11-19(12)7-6-13-8-16(20)3-2-14(13)10-19/h2-5,8-9,12,20-21H,6-7,10-11H2,1H3. The maximum Gasteiger partial charge on any atom is 0.115 e. The Labute approximate surface area is 125 Å². The van der Waals surface area contributed by atoms with E-state index in [0.717, 1.165) is 25.7 Å². The molecule has 2 heteroatoms. The van der Waals surface area contributed by atoms with E-state index in [1.54, 1.807) is 6.07 Å². The van der Waals surface area contributed by atoms with E-state index in [1.165, 1.54) is 22.3 Å². The molecule has 0 fully saturated rings. The lowest BCUT2D eigenvalue weighted by molar-refractivity contribution is 0.218. The summed E-state index contributed by atoms with van der Waals surface area (Å²) in [5.41, 5.74) is 5.66. The highest BCUT2D eigenvalue weighted by Crippen LogP contribution is 2.54. The molecule has 4 rings (SSSR count). The van der Waals surface area contributed by atoms with Crippen molar-refractivity contribution in [1.82, 2.24) is 0 Å². The van der Waals surface area contributed by atoms with Crippen LogP contribution in [0.15, 0.2) is 36.4 Å². The molecule has 2 N–H and O–H groups in total. The molecule has 0 amide bonds. The predicted octanol–water partition coefficient (Wildman–Crippen LogP) is 3.93. The van der Waals surface area contributed by atoms with E-state index in [4.69, 9.17) is 0 Å². The largest absolute Gasteiger partial charge is 0.508 e. The average molecular weight is 280 g/mol. The van der Waals surface area contributed by atoms with Gasteiger partial charge in [0.25, 0.3) is 0 Å². The van der Waals surface area contributed by atoms with Gasteiger partial charge in [-0.15, -0.1) is 0 Å².